The molecular formula is C19H30Cl2N4O. The van der Waals surface area contributed by atoms with Gasteiger partial charge in [-0.05, 0) is 43.7 Å². The molecule has 1 saturated carbocycles. The third-order valence-corrected chi connectivity index (χ3v) is 4.85. The molecule has 1 aromatic heterocycles. The molecule has 1 aliphatic rings. The number of nitrogens with zero attached hydrogens (tertiary/aromatic N) is 1. The molecule has 4 N–H and O–H groups in total. The summed E-state index contributed by atoms with van der Waals surface area (Å²) in [5.41, 5.74) is 7.99. The van der Waals surface area contributed by atoms with Crippen LogP contribution in [0.5, 0.6) is 0 Å². The molecule has 1 heterocycles. The number of hydrogen-bond acceptors (Lipinski definition) is 3. The van der Waals surface area contributed by atoms with Gasteiger partial charge in [-0.25, -0.2) is 4.98 Å². The minimum absolute atomic E-state index is 0. The van der Waals surface area contributed by atoms with Gasteiger partial charge in [-0.15, -0.1) is 24.8 Å². The number of benzene rings is 1. The first-order chi connectivity index (χ1) is 11.5. The van der Waals surface area contributed by atoms with Crippen LogP contribution in [0.2, 0.25) is 0 Å². The monoisotopic (exact) mass is 400 g/mol. The van der Waals surface area contributed by atoms with Crippen molar-refractivity contribution in [1.82, 2.24) is 15.3 Å². The second kappa shape index (κ2) is 10.1. The number of fused-ring (bicyclic) bond motifs is 1. The van der Waals surface area contributed by atoms with E-state index in [1.165, 1.54) is 0 Å². The van der Waals surface area contributed by atoms with Crippen LogP contribution in [-0.2, 0) is 4.79 Å². The number of aromatic amines is 1. The number of nitrogens with one attached hydrogen (secondary N) is 2. The highest BCUT2D eigenvalue weighted by atomic mass is 35.5. The van der Waals surface area contributed by atoms with Gasteiger partial charge in [-0.1, -0.05) is 32.4 Å². The van der Waals surface area contributed by atoms with E-state index in [9.17, 15) is 4.79 Å². The molecule has 1 aromatic carbocycles. The molecule has 3 atom stereocenters. The van der Waals surface area contributed by atoms with Crippen molar-refractivity contribution in [1.29, 1.82) is 0 Å². The molecule has 26 heavy (non-hydrogen) atoms. The van der Waals surface area contributed by atoms with Crippen molar-refractivity contribution in [3.63, 3.8) is 0 Å². The standard InChI is InChI=1S/C19H28N4O.2ClH/c1-12(2)10-17(18-21-15-8-3-4-9-16(15)22-18)23-19(24)13-6-5-7-14(20)11-13;;/h3-4,8-9,12-14,17H,5-7,10-11,20H2,1-2H3,(H,21,22)(H,23,24);2*1H. The van der Waals surface area contributed by atoms with E-state index in [4.69, 9.17) is 5.73 Å². The molecule has 1 fully saturated rings. The van der Waals surface area contributed by atoms with Gasteiger partial charge < -0.3 is 16.0 Å². The van der Waals surface area contributed by atoms with Crippen molar-refractivity contribution in [2.45, 2.75) is 58.0 Å². The van der Waals surface area contributed by atoms with Gasteiger partial charge in [0.05, 0.1) is 17.1 Å². The Morgan fingerprint density at radius 3 is 2.69 bits per heavy atom. The van der Waals surface area contributed by atoms with E-state index >= 15 is 0 Å². The summed E-state index contributed by atoms with van der Waals surface area (Å²) in [7, 11) is 0. The van der Waals surface area contributed by atoms with Crippen molar-refractivity contribution in [2.75, 3.05) is 0 Å². The highest BCUT2D eigenvalue weighted by molar-refractivity contribution is 5.85. The fourth-order valence-corrected chi connectivity index (χ4v) is 3.60. The normalized spacial score (nSPS) is 20.9. The molecule has 0 bridgehead atoms. The summed E-state index contributed by atoms with van der Waals surface area (Å²) in [5.74, 6) is 1.47. The van der Waals surface area contributed by atoms with E-state index in [2.05, 4.69) is 29.1 Å². The summed E-state index contributed by atoms with van der Waals surface area (Å²) in [4.78, 5) is 20.8. The molecule has 1 aliphatic carbocycles. The number of nitrogens with two attached hydrogens (primary N) is 1. The average Bonchev–Trinajstić information content (AvgIpc) is 2.97. The lowest BCUT2D eigenvalue weighted by Gasteiger charge is -2.28. The maximum absolute atomic E-state index is 12.7. The average molecular weight is 401 g/mol. The number of aromatic nitrogens is 2. The van der Waals surface area contributed by atoms with Crippen LogP contribution in [0, 0.1) is 11.8 Å². The maximum Gasteiger partial charge on any atom is 0.223 e. The fraction of sp³-hybridized carbons (Fsp3) is 0.579. The van der Waals surface area contributed by atoms with Crippen LogP contribution in [0.4, 0.5) is 0 Å². The van der Waals surface area contributed by atoms with Crippen molar-refractivity contribution < 1.29 is 4.79 Å². The maximum atomic E-state index is 12.7. The lowest BCUT2D eigenvalue weighted by molar-refractivity contribution is -0.127. The lowest BCUT2D eigenvalue weighted by atomic mass is 9.85. The van der Waals surface area contributed by atoms with Gasteiger partial charge in [-0.2, -0.15) is 0 Å². The van der Waals surface area contributed by atoms with Gasteiger partial charge in [0.25, 0.3) is 0 Å². The second-order valence-electron chi connectivity index (χ2n) is 7.45. The Labute approximate surface area is 167 Å². The Hall–Kier alpha value is -1.30. The summed E-state index contributed by atoms with van der Waals surface area (Å²) < 4.78 is 0. The first kappa shape index (κ1) is 22.7. The summed E-state index contributed by atoms with van der Waals surface area (Å²) in [6, 6.07) is 8.05. The quantitative estimate of drug-likeness (QED) is 0.705. The van der Waals surface area contributed by atoms with Gasteiger partial charge in [0, 0.05) is 12.0 Å². The molecule has 3 rings (SSSR count). The molecule has 5 nitrogen and oxygen atoms in total. The van der Waals surface area contributed by atoms with Gasteiger partial charge in [-0.3, -0.25) is 4.79 Å². The van der Waals surface area contributed by atoms with E-state index in [-0.39, 0.29) is 48.7 Å². The van der Waals surface area contributed by atoms with Gasteiger partial charge in [0.1, 0.15) is 5.82 Å². The number of amides is 1. The minimum atomic E-state index is -0.0805. The first-order valence-electron chi connectivity index (χ1n) is 9.03. The topological polar surface area (TPSA) is 83.8 Å². The SMILES string of the molecule is CC(C)CC(NC(=O)C1CCCC(N)C1)c1nc2ccccc2[nH]1.Cl.Cl. The summed E-state index contributed by atoms with van der Waals surface area (Å²) in [5, 5.41) is 3.23. The lowest BCUT2D eigenvalue weighted by Crippen LogP contribution is -2.39. The molecule has 0 saturated heterocycles. The molecule has 0 aliphatic heterocycles. The number of H-pyrrole nitrogens is 1. The van der Waals surface area contributed by atoms with Gasteiger partial charge in [0.15, 0.2) is 0 Å². The number of halogens is 2. The van der Waals surface area contributed by atoms with E-state index in [0.717, 1.165) is 49.0 Å². The van der Waals surface area contributed by atoms with E-state index in [1.54, 1.807) is 0 Å². The van der Waals surface area contributed by atoms with Gasteiger partial charge >= 0.3 is 0 Å². The van der Waals surface area contributed by atoms with Crippen LogP contribution in [0.3, 0.4) is 0 Å². The van der Waals surface area contributed by atoms with Crippen LogP contribution >= 0.6 is 24.8 Å². The van der Waals surface area contributed by atoms with Crippen LogP contribution in [0.15, 0.2) is 24.3 Å². The number of imidazole rings is 1. The summed E-state index contributed by atoms with van der Waals surface area (Å²) in [6.45, 7) is 4.33. The van der Waals surface area contributed by atoms with E-state index in [1.807, 2.05) is 24.3 Å². The zero-order valence-corrected chi connectivity index (χ0v) is 17.0. The molecule has 146 valence electrons. The summed E-state index contributed by atoms with van der Waals surface area (Å²) in [6.07, 6.45) is 4.67. The zero-order chi connectivity index (χ0) is 17.1. The Kier molecular flexibility index (Phi) is 8.87. The molecule has 7 heteroatoms. The Bertz CT molecular complexity index is 671. The number of carbonyl (C=O) groups excluding carboxylic acids is 1. The highest BCUT2D eigenvalue weighted by Crippen LogP contribution is 2.26. The van der Waals surface area contributed by atoms with E-state index < -0.39 is 0 Å². The Morgan fingerprint density at radius 1 is 1.31 bits per heavy atom. The predicted molar refractivity (Wildman–Crippen MR) is 111 cm³/mol. The largest absolute Gasteiger partial charge is 0.346 e. The number of para-hydroxylation sites is 2. The smallest absolute Gasteiger partial charge is 0.223 e. The molecule has 0 radical (unpaired) electrons. The predicted octanol–water partition coefficient (Wildman–Crippen LogP) is 4.13. The molecule has 0 spiro atoms. The van der Waals surface area contributed by atoms with Crippen molar-refractivity contribution in [2.24, 2.45) is 17.6 Å². The van der Waals surface area contributed by atoms with Crippen molar-refractivity contribution in [3.05, 3.63) is 30.1 Å². The van der Waals surface area contributed by atoms with Crippen LogP contribution in [0.1, 0.15) is 57.8 Å². The van der Waals surface area contributed by atoms with E-state index in [0.29, 0.717) is 5.92 Å². The molecule has 2 aromatic rings. The number of rotatable bonds is 5. The number of carbonyl (C=O) groups is 1. The third kappa shape index (κ3) is 5.60. The van der Waals surface area contributed by atoms with Crippen molar-refractivity contribution >= 4 is 41.8 Å². The van der Waals surface area contributed by atoms with Crippen LogP contribution < -0.4 is 11.1 Å². The van der Waals surface area contributed by atoms with Crippen LogP contribution in [-0.4, -0.2) is 21.9 Å². The Morgan fingerprint density at radius 2 is 2.04 bits per heavy atom. The summed E-state index contributed by atoms with van der Waals surface area (Å²) >= 11 is 0. The molecular weight excluding hydrogens is 371 g/mol. The fourth-order valence-electron chi connectivity index (χ4n) is 3.60. The van der Waals surface area contributed by atoms with Crippen molar-refractivity contribution in [3.8, 4) is 0 Å². The Balaban J connectivity index is 0.00000169. The highest BCUT2D eigenvalue weighted by Gasteiger charge is 2.28. The molecule has 3 unspecified atom stereocenters. The minimum Gasteiger partial charge on any atom is -0.346 e. The van der Waals surface area contributed by atoms with Crippen LogP contribution in [0.25, 0.3) is 11.0 Å². The zero-order valence-electron chi connectivity index (χ0n) is 15.4. The second-order valence-corrected chi connectivity index (χ2v) is 7.45. The van der Waals surface area contributed by atoms with Gasteiger partial charge in [0.2, 0.25) is 5.91 Å². The third-order valence-electron chi connectivity index (χ3n) is 4.85. The number of hydrogen-bond donors (Lipinski definition) is 3. The first-order valence-corrected chi connectivity index (χ1v) is 9.03. The molecule has 1 amide bonds.